The maximum atomic E-state index is 12.1. The number of aromatic amines is 2. The van der Waals surface area contributed by atoms with Gasteiger partial charge in [0.05, 0.1) is 22.4 Å². The third-order valence-electron chi connectivity index (χ3n) is 4.99. The van der Waals surface area contributed by atoms with E-state index >= 15 is 0 Å². The molecule has 0 fully saturated rings. The van der Waals surface area contributed by atoms with Gasteiger partial charge in [-0.25, -0.2) is 4.79 Å². The lowest BCUT2D eigenvalue weighted by molar-refractivity contribution is 0.393. The predicted octanol–water partition coefficient (Wildman–Crippen LogP) is 4.46. The molecule has 3 heterocycles. The number of benzene rings is 2. The van der Waals surface area contributed by atoms with Crippen molar-refractivity contribution in [2.24, 2.45) is 0 Å². The molecule has 3 aromatic heterocycles. The highest BCUT2D eigenvalue weighted by atomic mass is 16.5. The first-order valence-electron chi connectivity index (χ1n) is 9.15. The van der Waals surface area contributed by atoms with Gasteiger partial charge >= 0.3 is 5.69 Å². The number of nitrogens with one attached hydrogen (secondary N) is 2. The van der Waals surface area contributed by atoms with Crippen molar-refractivity contribution in [1.82, 2.24) is 20.1 Å². The standard InChI is InChI=1S/C23H16N4O2/c1-13-20(14(2)29-27-13)16-11-18(22-19(12-16)25-23(28)26-22)17-9-6-10-24-21(17)15-7-4-3-5-8-15/h3-5,7-9,11-12H,1-2H3,(H2,25,26,28). The Hall–Kier alpha value is -4.11. The number of fused-ring (bicyclic) bond motifs is 1. The van der Waals surface area contributed by atoms with E-state index in [1.165, 1.54) is 0 Å². The van der Waals surface area contributed by atoms with Gasteiger partial charge in [-0.15, -0.1) is 0 Å². The molecule has 0 saturated carbocycles. The summed E-state index contributed by atoms with van der Waals surface area (Å²) < 4.78 is 5.35. The lowest BCUT2D eigenvalue weighted by Gasteiger charge is -2.10. The Kier molecular flexibility index (Phi) is 3.81. The van der Waals surface area contributed by atoms with Crippen molar-refractivity contribution in [3.63, 3.8) is 0 Å². The van der Waals surface area contributed by atoms with E-state index in [0.29, 0.717) is 11.0 Å². The number of aromatic nitrogens is 4. The molecule has 0 saturated heterocycles. The minimum Gasteiger partial charge on any atom is -0.361 e. The topological polar surface area (TPSA) is 87.6 Å². The molecule has 0 atom stereocenters. The maximum absolute atomic E-state index is 12.1. The molecule has 2 aromatic carbocycles. The fourth-order valence-corrected chi connectivity index (χ4v) is 3.74. The lowest BCUT2D eigenvalue weighted by Crippen LogP contribution is -1.99. The van der Waals surface area contributed by atoms with E-state index in [2.05, 4.69) is 32.4 Å². The first-order valence-corrected chi connectivity index (χ1v) is 9.15. The molecule has 0 amide bonds. The van der Waals surface area contributed by atoms with Crippen molar-refractivity contribution < 1.29 is 4.52 Å². The van der Waals surface area contributed by atoms with E-state index in [-0.39, 0.29) is 5.69 Å². The van der Waals surface area contributed by atoms with Crippen LogP contribution < -0.4 is 5.69 Å². The number of hydrogen-bond acceptors (Lipinski definition) is 4. The Bertz CT molecular complexity index is 1370. The monoisotopic (exact) mass is 380 g/mol. The Morgan fingerprint density at radius 1 is 1.00 bits per heavy atom. The predicted molar refractivity (Wildman–Crippen MR) is 110 cm³/mol. The summed E-state index contributed by atoms with van der Waals surface area (Å²) >= 11 is 0. The van der Waals surface area contributed by atoms with E-state index in [1.807, 2.05) is 62.4 Å². The fraction of sp³-hybridized carbons (Fsp3) is 0.0870. The van der Waals surface area contributed by atoms with Gasteiger partial charge in [-0.3, -0.25) is 0 Å². The molecule has 140 valence electrons. The van der Waals surface area contributed by atoms with E-state index < -0.39 is 0 Å². The van der Waals surface area contributed by atoms with Crippen molar-refractivity contribution in [2.75, 3.05) is 0 Å². The molecular formula is C23H16N4O2. The normalized spacial score (nSPS) is 11.0. The smallest absolute Gasteiger partial charge is 0.323 e. The van der Waals surface area contributed by atoms with Crippen molar-refractivity contribution in [2.45, 2.75) is 13.8 Å². The zero-order valence-electron chi connectivity index (χ0n) is 15.8. The van der Waals surface area contributed by atoms with Crippen molar-refractivity contribution >= 4 is 11.0 Å². The molecule has 2 N–H and O–H groups in total. The Morgan fingerprint density at radius 3 is 2.59 bits per heavy atom. The highest BCUT2D eigenvalue weighted by molar-refractivity contribution is 5.99. The van der Waals surface area contributed by atoms with Crippen LogP contribution >= 0.6 is 0 Å². The fourth-order valence-electron chi connectivity index (χ4n) is 3.74. The first-order chi connectivity index (χ1) is 14.1. The van der Waals surface area contributed by atoms with E-state index in [9.17, 15) is 4.79 Å². The van der Waals surface area contributed by atoms with E-state index in [1.54, 1.807) is 0 Å². The lowest BCUT2D eigenvalue weighted by atomic mass is 9.94. The number of H-pyrrole nitrogens is 2. The Morgan fingerprint density at radius 2 is 1.83 bits per heavy atom. The van der Waals surface area contributed by atoms with Crippen LogP contribution in [-0.4, -0.2) is 20.1 Å². The summed E-state index contributed by atoms with van der Waals surface area (Å²) in [6, 6.07) is 18.6. The van der Waals surface area contributed by atoms with Crippen LogP contribution in [0, 0.1) is 26.1 Å². The number of hydrogen-bond donors (Lipinski definition) is 2. The summed E-state index contributed by atoms with van der Waals surface area (Å²) in [6.45, 7) is 3.78. The van der Waals surface area contributed by atoms with Gasteiger partial charge in [0.1, 0.15) is 5.76 Å². The minimum absolute atomic E-state index is 0.266. The zero-order chi connectivity index (χ0) is 20.0. The van der Waals surface area contributed by atoms with Crippen LogP contribution in [0.25, 0.3) is 44.5 Å². The average Bonchev–Trinajstić information content (AvgIpc) is 3.28. The second kappa shape index (κ2) is 6.50. The summed E-state index contributed by atoms with van der Waals surface area (Å²) in [6.07, 6.45) is 2.80. The van der Waals surface area contributed by atoms with E-state index in [4.69, 9.17) is 4.52 Å². The molecule has 29 heavy (non-hydrogen) atoms. The third kappa shape index (κ3) is 2.80. The SMILES string of the molecule is Cc1noc(C)c1-c1cc(-c2cc#cnc2-c2ccccc2)c2[nH]c(=O)[nH]c2c1. The molecule has 0 aliphatic rings. The van der Waals surface area contributed by atoms with Gasteiger partial charge in [-0.1, -0.05) is 35.5 Å². The summed E-state index contributed by atoms with van der Waals surface area (Å²) in [5.41, 5.74) is 7.18. The van der Waals surface area contributed by atoms with Crippen LogP contribution in [0.4, 0.5) is 0 Å². The maximum Gasteiger partial charge on any atom is 0.323 e. The van der Waals surface area contributed by atoms with Gasteiger partial charge in [-0.05, 0) is 37.6 Å². The molecule has 6 nitrogen and oxygen atoms in total. The number of nitrogens with zero attached hydrogens (tertiary/aromatic N) is 2. The summed E-state index contributed by atoms with van der Waals surface area (Å²) in [5.74, 6) is 0.722. The number of imidazole rings is 1. The quantitative estimate of drug-likeness (QED) is 0.484. The third-order valence-corrected chi connectivity index (χ3v) is 4.99. The second-order valence-electron chi connectivity index (χ2n) is 6.87. The summed E-state index contributed by atoms with van der Waals surface area (Å²) in [7, 11) is 0. The van der Waals surface area contributed by atoms with Crippen molar-refractivity contribution in [1.29, 1.82) is 0 Å². The highest BCUT2D eigenvalue weighted by Gasteiger charge is 2.18. The highest BCUT2D eigenvalue weighted by Crippen LogP contribution is 2.37. The van der Waals surface area contributed by atoms with Crippen molar-refractivity contribution in [3.8, 4) is 33.5 Å². The Balaban J connectivity index is 1.84. The van der Waals surface area contributed by atoms with Crippen LogP contribution in [0.2, 0.25) is 0 Å². The molecular weight excluding hydrogens is 364 g/mol. The largest absolute Gasteiger partial charge is 0.361 e. The van der Waals surface area contributed by atoms with Crippen molar-refractivity contribution in [3.05, 3.63) is 82.7 Å². The van der Waals surface area contributed by atoms with Gasteiger partial charge < -0.3 is 14.5 Å². The molecule has 5 rings (SSSR count). The number of rotatable bonds is 3. The second-order valence-corrected chi connectivity index (χ2v) is 6.87. The summed E-state index contributed by atoms with van der Waals surface area (Å²) in [5, 5.41) is 4.07. The van der Waals surface area contributed by atoms with Gasteiger partial charge in [0.2, 0.25) is 0 Å². The zero-order valence-corrected chi connectivity index (χ0v) is 15.8. The van der Waals surface area contributed by atoms with Crippen LogP contribution in [-0.2, 0) is 0 Å². The van der Waals surface area contributed by atoms with Gasteiger partial charge in [0.15, 0.2) is 0 Å². The molecule has 0 spiro atoms. The Labute approximate surface area is 166 Å². The minimum atomic E-state index is -0.266. The average molecular weight is 380 g/mol. The molecule has 0 aliphatic heterocycles. The van der Waals surface area contributed by atoms with Gasteiger partial charge in [0, 0.05) is 34.5 Å². The van der Waals surface area contributed by atoms with E-state index in [0.717, 1.165) is 45.0 Å². The first kappa shape index (κ1) is 17.0. The molecule has 6 heteroatoms. The molecule has 0 unspecified atom stereocenters. The van der Waals surface area contributed by atoms with Gasteiger partial charge in [-0.2, -0.15) is 4.98 Å². The molecule has 5 aromatic rings. The molecule has 0 radical (unpaired) electrons. The van der Waals surface area contributed by atoms with Gasteiger partial charge in [0.25, 0.3) is 0 Å². The van der Waals surface area contributed by atoms with Crippen LogP contribution in [0.1, 0.15) is 11.5 Å². The molecule has 0 aliphatic carbocycles. The molecule has 0 bridgehead atoms. The van der Waals surface area contributed by atoms with Crippen LogP contribution in [0.3, 0.4) is 0 Å². The van der Waals surface area contributed by atoms with Crippen LogP contribution in [0.5, 0.6) is 0 Å². The number of aryl methyl sites for hydroxylation is 2. The summed E-state index contributed by atoms with van der Waals surface area (Å²) in [4.78, 5) is 22.3. The van der Waals surface area contributed by atoms with Crippen LogP contribution in [0.15, 0.2) is 57.8 Å².